The van der Waals surface area contributed by atoms with Crippen LogP contribution in [-0.2, 0) is 11.8 Å². The van der Waals surface area contributed by atoms with E-state index >= 15 is 0 Å². The van der Waals surface area contributed by atoms with Crippen molar-refractivity contribution in [3.05, 3.63) is 58.3 Å². The largest absolute Gasteiger partial charge is 0.367 e. The molecule has 0 saturated carbocycles. The number of hydrogen-bond donors (Lipinski definition) is 0. The van der Waals surface area contributed by atoms with Gasteiger partial charge in [0.1, 0.15) is 11.9 Å². The Kier molecular flexibility index (Phi) is 5.55. The Morgan fingerprint density at radius 2 is 1.85 bits per heavy atom. The highest BCUT2D eigenvalue weighted by molar-refractivity contribution is 5.83. The van der Waals surface area contributed by atoms with Crippen molar-refractivity contribution in [1.29, 1.82) is 0 Å². The molecular weight excluding hydrogens is 349 g/mol. The van der Waals surface area contributed by atoms with Gasteiger partial charge in [-0.1, -0.05) is 18.2 Å². The summed E-state index contributed by atoms with van der Waals surface area (Å²) in [6.07, 6.45) is 1.65. The zero-order valence-corrected chi connectivity index (χ0v) is 15.8. The molecule has 2 heterocycles. The van der Waals surface area contributed by atoms with Crippen molar-refractivity contribution in [3.8, 4) is 0 Å². The number of aryl methyl sites for hydroxylation is 1. The van der Waals surface area contributed by atoms with E-state index in [9.17, 15) is 14.0 Å². The van der Waals surface area contributed by atoms with Crippen LogP contribution in [0.5, 0.6) is 0 Å². The van der Waals surface area contributed by atoms with Crippen molar-refractivity contribution >= 4 is 11.6 Å². The molecule has 1 amide bonds. The molecule has 3 rings (SSSR count). The number of nitrogens with zero attached hydrogens (tertiary/aromatic N) is 5. The van der Waals surface area contributed by atoms with Crippen LogP contribution in [0.4, 0.5) is 10.1 Å². The first-order valence-corrected chi connectivity index (χ1v) is 8.86. The highest BCUT2D eigenvalue weighted by atomic mass is 19.1. The second kappa shape index (κ2) is 7.87. The number of halogens is 1. The summed E-state index contributed by atoms with van der Waals surface area (Å²) in [6, 6.07) is 7.27. The van der Waals surface area contributed by atoms with Gasteiger partial charge in [0.25, 0.3) is 5.56 Å². The van der Waals surface area contributed by atoms with E-state index in [1.807, 2.05) is 4.90 Å². The Hall–Kier alpha value is -2.74. The molecule has 2 aromatic rings. The third-order valence-electron chi connectivity index (χ3n) is 4.86. The molecule has 27 heavy (non-hydrogen) atoms. The molecule has 0 bridgehead atoms. The molecule has 1 fully saturated rings. The topological polar surface area (TPSA) is 61.7 Å². The lowest BCUT2D eigenvalue weighted by molar-refractivity contribution is -0.136. The van der Waals surface area contributed by atoms with E-state index in [1.54, 1.807) is 61.4 Å². The Bertz CT molecular complexity index is 874. The maximum atomic E-state index is 14.2. The van der Waals surface area contributed by atoms with Gasteiger partial charge in [0, 0.05) is 44.9 Å². The van der Waals surface area contributed by atoms with Gasteiger partial charge in [-0.15, -0.1) is 0 Å². The summed E-state index contributed by atoms with van der Waals surface area (Å²) in [6.45, 7) is 2.20. The van der Waals surface area contributed by atoms with Gasteiger partial charge >= 0.3 is 0 Å². The molecule has 1 saturated heterocycles. The molecule has 1 aliphatic heterocycles. The Balaban J connectivity index is 1.72. The number of aromatic nitrogens is 2. The molecule has 0 N–H and O–H groups in total. The van der Waals surface area contributed by atoms with Crippen LogP contribution >= 0.6 is 0 Å². The van der Waals surface area contributed by atoms with Gasteiger partial charge < -0.3 is 9.80 Å². The molecule has 0 spiro atoms. The number of benzene rings is 1. The van der Waals surface area contributed by atoms with Gasteiger partial charge in [-0.05, 0) is 20.2 Å². The molecule has 0 aliphatic carbocycles. The number of rotatable bonds is 4. The summed E-state index contributed by atoms with van der Waals surface area (Å²) in [7, 11) is 5.15. The van der Waals surface area contributed by atoms with E-state index in [-0.39, 0.29) is 17.3 Å². The van der Waals surface area contributed by atoms with Crippen LogP contribution in [-0.4, -0.2) is 65.8 Å². The van der Waals surface area contributed by atoms with Crippen LogP contribution in [0.2, 0.25) is 0 Å². The lowest BCUT2D eigenvalue weighted by atomic mass is 10.0. The summed E-state index contributed by atoms with van der Waals surface area (Å²) in [5.74, 6) is -0.499. The zero-order chi connectivity index (χ0) is 19.6. The Morgan fingerprint density at radius 1 is 1.19 bits per heavy atom. The lowest BCUT2D eigenvalue weighted by Crippen LogP contribution is -2.51. The summed E-state index contributed by atoms with van der Waals surface area (Å²) >= 11 is 0. The summed E-state index contributed by atoms with van der Waals surface area (Å²) in [5, 5.41) is 4.04. The minimum Gasteiger partial charge on any atom is -0.367 e. The number of carbonyl (C=O) groups is 1. The van der Waals surface area contributed by atoms with E-state index in [1.165, 1.54) is 10.7 Å². The number of piperazine rings is 1. The first-order valence-electron chi connectivity index (χ1n) is 8.86. The van der Waals surface area contributed by atoms with Gasteiger partial charge in [0.2, 0.25) is 5.91 Å². The van der Waals surface area contributed by atoms with Gasteiger partial charge in [-0.3, -0.25) is 14.5 Å². The molecule has 1 aromatic heterocycles. The lowest BCUT2D eigenvalue weighted by Gasteiger charge is -2.38. The first kappa shape index (κ1) is 19.0. The predicted molar refractivity (Wildman–Crippen MR) is 101 cm³/mol. The fraction of sp³-hybridized carbons (Fsp3) is 0.421. The number of carbonyl (C=O) groups excluding carboxylic acids is 1. The normalized spacial score (nSPS) is 15.9. The predicted octanol–water partition coefficient (Wildman–Crippen LogP) is 0.871. The average Bonchev–Trinajstić information content (AvgIpc) is 2.65. The number of anilines is 1. The second-order valence-corrected chi connectivity index (χ2v) is 6.88. The molecule has 1 aliphatic rings. The fourth-order valence-electron chi connectivity index (χ4n) is 3.32. The Morgan fingerprint density at radius 3 is 2.44 bits per heavy atom. The van der Waals surface area contributed by atoms with Crippen LogP contribution in [0.15, 0.2) is 41.3 Å². The summed E-state index contributed by atoms with van der Waals surface area (Å²) < 4.78 is 15.5. The van der Waals surface area contributed by atoms with Crippen molar-refractivity contribution in [2.45, 2.75) is 6.04 Å². The molecule has 0 radical (unpaired) electrons. The maximum Gasteiger partial charge on any atom is 0.268 e. The van der Waals surface area contributed by atoms with Crippen LogP contribution in [0, 0.1) is 5.82 Å². The van der Waals surface area contributed by atoms with Gasteiger partial charge in [0.15, 0.2) is 0 Å². The molecule has 1 aromatic carbocycles. The summed E-state index contributed by atoms with van der Waals surface area (Å²) in [5.41, 5.74) is 0.965. The molecular formula is C19H24FN5O2. The van der Waals surface area contributed by atoms with Crippen molar-refractivity contribution in [1.82, 2.24) is 19.6 Å². The minimum absolute atomic E-state index is 0.119. The highest BCUT2D eigenvalue weighted by Gasteiger charge is 2.31. The van der Waals surface area contributed by atoms with E-state index in [2.05, 4.69) is 5.10 Å². The van der Waals surface area contributed by atoms with Crippen LogP contribution in [0.3, 0.4) is 0 Å². The van der Waals surface area contributed by atoms with Gasteiger partial charge in [0.05, 0.1) is 11.9 Å². The average molecular weight is 373 g/mol. The molecule has 1 atom stereocenters. The van der Waals surface area contributed by atoms with E-state index in [0.717, 1.165) is 5.69 Å². The van der Waals surface area contributed by atoms with Crippen LogP contribution < -0.4 is 10.5 Å². The standard InChI is InChI=1S/C19H24FN5O2/c1-22(2)18(15-6-4-5-7-16(15)20)19(27)25-10-8-24(9-11-25)14-12-17(26)23(3)21-13-14/h4-7,12-13,18H,8-11H2,1-3H3. The van der Waals surface area contributed by atoms with Crippen molar-refractivity contribution in [2.24, 2.45) is 7.05 Å². The van der Waals surface area contributed by atoms with Gasteiger partial charge in [-0.2, -0.15) is 5.10 Å². The summed E-state index contributed by atoms with van der Waals surface area (Å²) in [4.78, 5) is 30.4. The Labute approximate surface area is 157 Å². The zero-order valence-electron chi connectivity index (χ0n) is 15.8. The highest BCUT2D eigenvalue weighted by Crippen LogP contribution is 2.24. The molecule has 1 unspecified atom stereocenters. The quantitative estimate of drug-likeness (QED) is 0.796. The molecule has 144 valence electrons. The fourth-order valence-corrected chi connectivity index (χ4v) is 3.32. The first-order chi connectivity index (χ1) is 12.9. The number of amides is 1. The molecule has 8 heteroatoms. The second-order valence-electron chi connectivity index (χ2n) is 6.88. The molecule has 7 nitrogen and oxygen atoms in total. The number of hydrogen-bond acceptors (Lipinski definition) is 5. The van der Waals surface area contributed by atoms with Crippen LogP contribution in [0.1, 0.15) is 11.6 Å². The van der Waals surface area contributed by atoms with E-state index < -0.39 is 6.04 Å². The monoisotopic (exact) mass is 373 g/mol. The third-order valence-corrected chi connectivity index (χ3v) is 4.86. The van der Waals surface area contributed by atoms with Crippen LogP contribution in [0.25, 0.3) is 0 Å². The third kappa shape index (κ3) is 4.00. The SMILES string of the molecule is CN(C)C(C(=O)N1CCN(c2cnn(C)c(=O)c2)CC1)c1ccccc1F. The smallest absolute Gasteiger partial charge is 0.268 e. The minimum atomic E-state index is -0.663. The van der Waals surface area contributed by atoms with E-state index in [4.69, 9.17) is 0 Å². The number of likely N-dealkylation sites (N-methyl/N-ethyl adjacent to an activating group) is 1. The maximum absolute atomic E-state index is 14.2. The van der Waals surface area contributed by atoms with Crippen molar-refractivity contribution in [2.75, 3.05) is 45.2 Å². The van der Waals surface area contributed by atoms with Crippen molar-refractivity contribution in [3.63, 3.8) is 0 Å². The van der Waals surface area contributed by atoms with Gasteiger partial charge in [-0.25, -0.2) is 9.07 Å². The van der Waals surface area contributed by atoms with Crippen molar-refractivity contribution < 1.29 is 9.18 Å². The van der Waals surface area contributed by atoms with E-state index in [0.29, 0.717) is 31.7 Å².